The highest BCUT2D eigenvalue weighted by Crippen LogP contribution is 2.05. The fourth-order valence-corrected chi connectivity index (χ4v) is 1.01. The van der Waals surface area contributed by atoms with Crippen LogP contribution in [0, 0.1) is 18.3 Å². The fourth-order valence-electron chi connectivity index (χ4n) is 1.01. The summed E-state index contributed by atoms with van der Waals surface area (Å²) in [5, 5.41) is 11.7. The Labute approximate surface area is 89.3 Å². The van der Waals surface area contributed by atoms with Gasteiger partial charge >= 0.3 is 0 Å². The van der Waals surface area contributed by atoms with Crippen LogP contribution < -0.4 is 11.1 Å². The zero-order valence-electron chi connectivity index (χ0n) is 9.20. The number of anilines is 1. The number of hydrogen-bond donors (Lipinski definition) is 2. The van der Waals surface area contributed by atoms with Crippen molar-refractivity contribution in [1.82, 2.24) is 9.97 Å². The number of nitriles is 1. The maximum Gasteiger partial charge on any atom is 0.224 e. The van der Waals surface area contributed by atoms with Gasteiger partial charge in [0.2, 0.25) is 5.95 Å². The van der Waals surface area contributed by atoms with Gasteiger partial charge in [-0.05, 0) is 26.8 Å². The Balaban J connectivity index is 2.78. The molecule has 0 saturated heterocycles. The molecule has 0 aromatic carbocycles. The SMILES string of the molecule is Cc1cc(C#N)nc(NCC(C)(C)N)n1. The second-order valence-corrected chi connectivity index (χ2v) is 4.17. The third-order valence-electron chi connectivity index (χ3n) is 1.67. The third kappa shape index (κ3) is 3.92. The quantitative estimate of drug-likeness (QED) is 0.762. The summed E-state index contributed by atoms with van der Waals surface area (Å²) in [6.07, 6.45) is 0. The first kappa shape index (κ1) is 11.4. The zero-order chi connectivity index (χ0) is 11.5. The van der Waals surface area contributed by atoms with Crippen LogP contribution in [0.1, 0.15) is 25.2 Å². The Morgan fingerprint density at radius 3 is 2.73 bits per heavy atom. The van der Waals surface area contributed by atoms with Gasteiger partial charge in [0, 0.05) is 17.8 Å². The lowest BCUT2D eigenvalue weighted by molar-refractivity contribution is 0.547. The van der Waals surface area contributed by atoms with Crippen molar-refractivity contribution in [2.45, 2.75) is 26.3 Å². The molecular weight excluding hydrogens is 190 g/mol. The molecule has 0 aliphatic rings. The van der Waals surface area contributed by atoms with Crippen LogP contribution in [0.4, 0.5) is 5.95 Å². The van der Waals surface area contributed by atoms with E-state index >= 15 is 0 Å². The molecule has 1 rings (SSSR count). The van der Waals surface area contributed by atoms with Gasteiger partial charge in [0.05, 0.1) is 0 Å². The largest absolute Gasteiger partial charge is 0.352 e. The smallest absolute Gasteiger partial charge is 0.224 e. The molecule has 1 aromatic heterocycles. The van der Waals surface area contributed by atoms with E-state index in [4.69, 9.17) is 11.0 Å². The van der Waals surface area contributed by atoms with Crippen LogP contribution in [0.2, 0.25) is 0 Å². The van der Waals surface area contributed by atoms with Gasteiger partial charge in [0.15, 0.2) is 0 Å². The molecule has 0 amide bonds. The van der Waals surface area contributed by atoms with Crippen LogP contribution in [0.3, 0.4) is 0 Å². The van der Waals surface area contributed by atoms with Crippen molar-refractivity contribution in [3.05, 3.63) is 17.5 Å². The molecule has 0 bridgehead atoms. The van der Waals surface area contributed by atoms with Crippen molar-refractivity contribution < 1.29 is 0 Å². The molecule has 3 N–H and O–H groups in total. The summed E-state index contributed by atoms with van der Waals surface area (Å²) in [5.74, 6) is 0.449. The monoisotopic (exact) mass is 205 g/mol. The summed E-state index contributed by atoms with van der Waals surface area (Å²) < 4.78 is 0. The molecule has 0 radical (unpaired) electrons. The second kappa shape index (κ2) is 4.24. The summed E-state index contributed by atoms with van der Waals surface area (Å²) in [6, 6.07) is 3.62. The molecule has 15 heavy (non-hydrogen) atoms. The molecule has 0 fully saturated rings. The number of nitrogens with one attached hydrogen (secondary N) is 1. The van der Waals surface area contributed by atoms with Crippen molar-refractivity contribution in [3.63, 3.8) is 0 Å². The highest BCUT2D eigenvalue weighted by molar-refractivity contribution is 5.33. The van der Waals surface area contributed by atoms with E-state index in [9.17, 15) is 0 Å². The first-order valence-electron chi connectivity index (χ1n) is 4.69. The molecule has 0 atom stereocenters. The predicted molar refractivity (Wildman–Crippen MR) is 58.2 cm³/mol. The van der Waals surface area contributed by atoms with E-state index in [-0.39, 0.29) is 5.54 Å². The van der Waals surface area contributed by atoms with Crippen molar-refractivity contribution in [1.29, 1.82) is 5.26 Å². The Morgan fingerprint density at radius 1 is 1.53 bits per heavy atom. The molecule has 5 heteroatoms. The molecule has 1 aromatic rings. The summed E-state index contributed by atoms with van der Waals surface area (Å²) in [5.41, 5.74) is 6.60. The van der Waals surface area contributed by atoms with Gasteiger partial charge in [-0.1, -0.05) is 0 Å². The van der Waals surface area contributed by atoms with E-state index in [0.717, 1.165) is 5.69 Å². The van der Waals surface area contributed by atoms with E-state index in [1.54, 1.807) is 6.07 Å². The Bertz CT molecular complexity index is 386. The van der Waals surface area contributed by atoms with Crippen LogP contribution in [0.5, 0.6) is 0 Å². The molecule has 0 aliphatic heterocycles. The van der Waals surface area contributed by atoms with Crippen molar-refractivity contribution >= 4 is 5.95 Å². The first-order chi connectivity index (χ1) is 6.90. The highest BCUT2D eigenvalue weighted by atomic mass is 15.1. The molecule has 5 nitrogen and oxygen atoms in total. The maximum atomic E-state index is 8.72. The number of nitrogens with zero attached hydrogens (tertiary/aromatic N) is 3. The van der Waals surface area contributed by atoms with Crippen LogP contribution in [-0.4, -0.2) is 22.1 Å². The summed E-state index contributed by atoms with van der Waals surface area (Å²) >= 11 is 0. The zero-order valence-corrected chi connectivity index (χ0v) is 9.20. The minimum atomic E-state index is -0.333. The molecule has 0 aliphatic carbocycles. The number of aryl methyl sites for hydroxylation is 1. The summed E-state index contributed by atoms with van der Waals surface area (Å²) in [4.78, 5) is 8.17. The van der Waals surface area contributed by atoms with Gasteiger partial charge in [0.1, 0.15) is 11.8 Å². The Morgan fingerprint density at radius 2 is 2.20 bits per heavy atom. The second-order valence-electron chi connectivity index (χ2n) is 4.17. The normalized spacial score (nSPS) is 10.9. The van der Waals surface area contributed by atoms with E-state index < -0.39 is 0 Å². The lowest BCUT2D eigenvalue weighted by atomic mass is 10.1. The predicted octanol–water partition coefficient (Wildman–Crippen LogP) is 0.806. The highest BCUT2D eigenvalue weighted by Gasteiger charge is 2.11. The van der Waals surface area contributed by atoms with Crippen molar-refractivity contribution in [3.8, 4) is 6.07 Å². The summed E-state index contributed by atoms with van der Waals surface area (Å²) in [6.45, 7) is 6.19. The maximum absolute atomic E-state index is 8.72. The number of nitrogens with two attached hydrogens (primary N) is 1. The van der Waals surface area contributed by atoms with E-state index in [1.165, 1.54) is 0 Å². The van der Waals surface area contributed by atoms with Crippen LogP contribution in [0.25, 0.3) is 0 Å². The van der Waals surface area contributed by atoms with E-state index in [2.05, 4.69) is 15.3 Å². The number of aromatic nitrogens is 2. The average Bonchev–Trinajstić information content (AvgIpc) is 2.13. The number of rotatable bonds is 3. The van der Waals surface area contributed by atoms with E-state index in [0.29, 0.717) is 18.2 Å². The third-order valence-corrected chi connectivity index (χ3v) is 1.67. The van der Waals surface area contributed by atoms with E-state index in [1.807, 2.05) is 26.8 Å². The average molecular weight is 205 g/mol. The molecule has 0 unspecified atom stereocenters. The van der Waals surface area contributed by atoms with Gasteiger partial charge in [-0.2, -0.15) is 5.26 Å². The van der Waals surface area contributed by atoms with Gasteiger partial charge in [-0.25, -0.2) is 9.97 Å². The molecule has 1 heterocycles. The standard InChI is InChI=1S/C10H15N5/c1-7-4-8(5-11)15-9(14-7)13-6-10(2,3)12/h4H,6,12H2,1-3H3,(H,13,14,15). The first-order valence-corrected chi connectivity index (χ1v) is 4.69. The summed E-state index contributed by atoms with van der Waals surface area (Å²) in [7, 11) is 0. The fraction of sp³-hybridized carbons (Fsp3) is 0.500. The van der Waals surface area contributed by atoms with Gasteiger partial charge < -0.3 is 11.1 Å². The van der Waals surface area contributed by atoms with Crippen molar-refractivity contribution in [2.75, 3.05) is 11.9 Å². The van der Waals surface area contributed by atoms with Crippen molar-refractivity contribution in [2.24, 2.45) is 5.73 Å². The lowest BCUT2D eigenvalue weighted by Crippen LogP contribution is -2.40. The minimum absolute atomic E-state index is 0.333. The van der Waals surface area contributed by atoms with Gasteiger partial charge in [-0.3, -0.25) is 0 Å². The minimum Gasteiger partial charge on any atom is -0.352 e. The Kier molecular flexibility index (Phi) is 3.22. The van der Waals surface area contributed by atoms with Crippen LogP contribution >= 0.6 is 0 Å². The molecule has 0 saturated carbocycles. The van der Waals surface area contributed by atoms with Crippen LogP contribution in [-0.2, 0) is 0 Å². The molecule has 80 valence electrons. The Hall–Kier alpha value is -1.67. The lowest BCUT2D eigenvalue weighted by Gasteiger charge is -2.18. The molecular formula is C10H15N5. The van der Waals surface area contributed by atoms with Crippen LogP contribution in [0.15, 0.2) is 6.07 Å². The molecule has 0 spiro atoms. The topological polar surface area (TPSA) is 87.6 Å². The van der Waals surface area contributed by atoms with Gasteiger partial charge in [-0.15, -0.1) is 0 Å². The van der Waals surface area contributed by atoms with Gasteiger partial charge in [0.25, 0.3) is 0 Å². The number of hydrogen-bond acceptors (Lipinski definition) is 5.